The number of carbonyl (C=O) groups is 1. The second-order valence-electron chi connectivity index (χ2n) is 8.82. The highest BCUT2D eigenvalue weighted by molar-refractivity contribution is 5.75. The van der Waals surface area contributed by atoms with Gasteiger partial charge in [-0.25, -0.2) is 4.79 Å². The third-order valence-electron chi connectivity index (χ3n) is 6.80. The van der Waals surface area contributed by atoms with Gasteiger partial charge in [-0.2, -0.15) is 0 Å². The first kappa shape index (κ1) is 18.4. The van der Waals surface area contributed by atoms with Crippen molar-refractivity contribution < 1.29 is 4.79 Å². The van der Waals surface area contributed by atoms with Crippen molar-refractivity contribution in [2.24, 2.45) is 5.92 Å². The molecule has 2 amide bonds. The van der Waals surface area contributed by atoms with E-state index in [1.165, 1.54) is 19.3 Å². The van der Waals surface area contributed by atoms with E-state index in [1.54, 1.807) is 12.4 Å². The fourth-order valence-corrected chi connectivity index (χ4v) is 5.37. The number of likely N-dealkylation sites (tertiary alicyclic amines) is 1. The van der Waals surface area contributed by atoms with Crippen LogP contribution in [-0.2, 0) is 6.54 Å². The molecule has 2 aromatic heterocycles. The first-order valence-electron chi connectivity index (χ1n) is 10.9. The maximum atomic E-state index is 13.2. The fraction of sp³-hybridized carbons (Fsp3) is 0.522. The second kappa shape index (κ2) is 7.65. The number of piperidine rings is 1. The normalized spacial score (nSPS) is 24.1. The maximum Gasteiger partial charge on any atom is 0.317 e. The number of urea groups is 1. The first-order chi connectivity index (χ1) is 14.2. The molecule has 1 aliphatic carbocycles. The molecule has 29 heavy (non-hydrogen) atoms. The molecule has 5 rings (SSSR count). The van der Waals surface area contributed by atoms with E-state index in [4.69, 9.17) is 0 Å². The van der Waals surface area contributed by atoms with Crippen LogP contribution in [-0.4, -0.2) is 39.6 Å². The quantitative estimate of drug-likeness (QED) is 0.852. The molecule has 152 valence electrons. The minimum absolute atomic E-state index is 0.0605. The van der Waals surface area contributed by atoms with E-state index in [2.05, 4.69) is 16.4 Å². The van der Waals surface area contributed by atoms with E-state index in [9.17, 15) is 9.59 Å². The first-order valence-corrected chi connectivity index (χ1v) is 10.9. The van der Waals surface area contributed by atoms with Crippen molar-refractivity contribution in [2.45, 2.75) is 57.0 Å². The van der Waals surface area contributed by atoms with Gasteiger partial charge < -0.3 is 14.8 Å². The summed E-state index contributed by atoms with van der Waals surface area (Å²) in [6.07, 6.45) is 10.4. The fourth-order valence-electron chi connectivity index (χ4n) is 5.37. The molecule has 2 bridgehead atoms. The Kier molecular flexibility index (Phi) is 4.86. The Hall–Kier alpha value is -2.63. The Morgan fingerprint density at radius 3 is 2.72 bits per heavy atom. The van der Waals surface area contributed by atoms with Crippen LogP contribution in [0.15, 0.2) is 41.5 Å². The Labute approximate surface area is 170 Å². The third-order valence-corrected chi connectivity index (χ3v) is 6.80. The number of carbonyl (C=O) groups excluding carboxylic acids is 1. The molecule has 0 radical (unpaired) electrons. The predicted octanol–water partition coefficient (Wildman–Crippen LogP) is 3.37. The van der Waals surface area contributed by atoms with E-state index in [0.29, 0.717) is 30.6 Å². The van der Waals surface area contributed by atoms with Crippen molar-refractivity contribution in [1.82, 2.24) is 19.8 Å². The van der Waals surface area contributed by atoms with Gasteiger partial charge in [-0.05, 0) is 43.4 Å². The monoisotopic (exact) mass is 392 g/mol. The average molecular weight is 393 g/mol. The lowest BCUT2D eigenvalue weighted by atomic mass is 9.83. The van der Waals surface area contributed by atoms with Crippen LogP contribution in [0.2, 0.25) is 0 Å². The van der Waals surface area contributed by atoms with Crippen molar-refractivity contribution in [3.8, 4) is 11.1 Å². The van der Waals surface area contributed by atoms with Crippen molar-refractivity contribution >= 4 is 6.03 Å². The molecule has 1 saturated heterocycles. The Balaban J connectivity index is 1.36. The summed E-state index contributed by atoms with van der Waals surface area (Å²) in [7, 11) is 0. The summed E-state index contributed by atoms with van der Waals surface area (Å²) >= 11 is 0. The van der Waals surface area contributed by atoms with Crippen LogP contribution < -0.4 is 10.9 Å². The SMILES string of the molecule is O=C(NC1CCCCC1)N1C[C@@H]2C[C@H](C1)c1ccc(-c3cccnc3)c(=O)n1C2. The van der Waals surface area contributed by atoms with E-state index in [-0.39, 0.29) is 17.5 Å². The molecular formula is C23H28N4O2. The molecule has 3 aliphatic rings. The Bertz CT molecular complexity index is 949. The maximum absolute atomic E-state index is 13.2. The van der Waals surface area contributed by atoms with Gasteiger partial charge >= 0.3 is 6.03 Å². The van der Waals surface area contributed by atoms with Crippen LogP contribution in [0.3, 0.4) is 0 Å². The summed E-state index contributed by atoms with van der Waals surface area (Å²) in [6, 6.07) is 8.19. The lowest BCUT2D eigenvalue weighted by Crippen LogP contribution is -2.53. The summed E-state index contributed by atoms with van der Waals surface area (Å²) in [4.78, 5) is 32.2. The molecular weight excluding hydrogens is 364 g/mol. The highest BCUT2D eigenvalue weighted by atomic mass is 16.2. The van der Waals surface area contributed by atoms with Crippen LogP contribution in [0.5, 0.6) is 0 Å². The van der Waals surface area contributed by atoms with Crippen LogP contribution in [0.25, 0.3) is 11.1 Å². The van der Waals surface area contributed by atoms with Crippen molar-refractivity contribution in [2.75, 3.05) is 13.1 Å². The average Bonchev–Trinajstić information content (AvgIpc) is 2.76. The minimum atomic E-state index is 0.0605. The van der Waals surface area contributed by atoms with Crippen molar-refractivity contribution in [1.29, 1.82) is 0 Å². The molecule has 2 fully saturated rings. The number of fused-ring (bicyclic) bond motifs is 4. The zero-order valence-corrected chi connectivity index (χ0v) is 16.7. The molecule has 1 saturated carbocycles. The van der Waals surface area contributed by atoms with E-state index >= 15 is 0 Å². The molecule has 2 atom stereocenters. The predicted molar refractivity (Wildman–Crippen MR) is 112 cm³/mol. The molecule has 0 aromatic carbocycles. The van der Waals surface area contributed by atoms with E-state index < -0.39 is 0 Å². The van der Waals surface area contributed by atoms with Gasteiger partial charge in [0, 0.05) is 60.8 Å². The van der Waals surface area contributed by atoms with Crippen LogP contribution in [0.1, 0.15) is 50.1 Å². The van der Waals surface area contributed by atoms with Crippen LogP contribution in [0.4, 0.5) is 4.79 Å². The van der Waals surface area contributed by atoms with Gasteiger partial charge in [-0.1, -0.05) is 25.3 Å². The molecule has 2 aliphatic heterocycles. The lowest BCUT2D eigenvalue weighted by Gasteiger charge is -2.43. The van der Waals surface area contributed by atoms with Crippen LogP contribution in [0, 0.1) is 5.92 Å². The van der Waals surface area contributed by atoms with Gasteiger partial charge in [0.05, 0.1) is 0 Å². The number of aromatic nitrogens is 2. The summed E-state index contributed by atoms with van der Waals surface area (Å²) in [5.41, 5.74) is 2.69. The minimum Gasteiger partial charge on any atom is -0.335 e. The number of amides is 2. The number of nitrogens with zero attached hydrogens (tertiary/aromatic N) is 3. The Morgan fingerprint density at radius 2 is 1.93 bits per heavy atom. The number of hydrogen-bond donors (Lipinski definition) is 1. The number of rotatable bonds is 2. The zero-order valence-electron chi connectivity index (χ0n) is 16.7. The molecule has 1 N–H and O–H groups in total. The van der Waals surface area contributed by atoms with Gasteiger partial charge in [0.15, 0.2) is 0 Å². The van der Waals surface area contributed by atoms with Gasteiger partial charge in [-0.15, -0.1) is 0 Å². The zero-order chi connectivity index (χ0) is 19.8. The highest BCUT2D eigenvalue weighted by Crippen LogP contribution is 2.36. The summed E-state index contributed by atoms with van der Waals surface area (Å²) in [5, 5.41) is 3.26. The number of hydrogen-bond acceptors (Lipinski definition) is 3. The van der Waals surface area contributed by atoms with Crippen molar-refractivity contribution in [3.63, 3.8) is 0 Å². The molecule has 0 spiro atoms. The van der Waals surface area contributed by atoms with E-state index in [0.717, 1.165) is 37.1 Å². The standard InChI is InChI=1S/C23H28N4O2/c28-22-20(17-5-4-10-24-12-17)8-9-21-18-11-16(14-27(21)22)13-26(15-18)23(29)25-19-6-2-1-3-7-19/h4-5,8-10,12,16,18-19H,1-3,6-7,11,13-15H2,(H,25,29)/t16-,18+/m0/s1. The van der Waals surface area contributed by atoms with E-state index in [1.807, 2.05) is 27.7 Å². The van der Waals surface area contributed by atoms with Crippen molar-refractivity contribution in [3.05, 3.63) is 52.7 Å². The molecule has 4 heterocycles. The molecule has 2 aromatic rings. The molecule has 6 nitrogen and oxygen atoms in total. The topological polar surface area (TPSA) is 67.2 Å². The summed E-state index contributed by atoms with van der Waals surface area (Å²) < 4.78 is 1.94. The lowest BCUT2D eigenvalue weighted by molar-refractivity contribution is 0.127. The largest absolute Gasteiger partial charge is 0.335 e. The highest BCUT2D eigenvalue weighted by Gasteiger charge is 2.37. The van der Waals surface area contributed by atoms with Gasteiger partial charge in [0.1, 0.15) is 0 Å². The molecule has 0 unspecified atom stereocenters. The van der Waals surface area contributed by atoms with Gasteiger partial charge in [0.2, 0.25) is 0 Å². The Morgan fingerprint density at radius 1 is 1.07 bits per heavy atom. The van der Waals surface area contributed by atoms with Gasteiger partial charge in [0.25, 0.3) is 5.56 Å². The second-order valence-corrected chi connectivity index (χ2v) is 8.82. The summed E-state index contributed by atoms with van der Waals surface area (Å²) in [5.74, 6) is 0.565. The van der Waals surface area contributed by atoms with Crippen LogP contribution >= 0.6 is 0 Å². The molecule has 6 heteroatoms. The summed E-state index contributed by atoms with van der Waals surface area (Å²) in [6.45, 7) is 2.12. The third kappa shape index (κ3) is 3.56. The number of pyridine rings is 2. The number of nitrogens with one attached hydrogen (secondary N) is 1. The van der Waals surface area contributed by atoms with Gasteiger partial charge in [-0.3, -0.25) is 9.78 Å². The smallest absolute Gasteiger partial charge is 0.317 e.